The number of hydrogen-bond acceptors (Lipinski definition) is 3. The Balaban J connectivity index is 2.09. The summed E-state index contributed by atoms with van der Waals surface area (Å²) in [5, 5.41) is 2.03. The molecule has 0 unspecified atom stereocenters. The smallest absolute Gasteiger partial charge is 0.243 e. The van der Waals surface area contributed by atoms with Crippen LogP contribution in [0, 0.1) is 0 Å². The summed E-state index contributed by atoms with van der Waals surface area (Å²) in [7, 11) is -1.48. The summed E-state index contributed by atoms with van der Waals surface area (Å²) in [5.74, 6) is 0. The Morgan fingerprint density at radius 2 is 1.57 bits per heavy atom. The van der Waals surface area contributed by atoms with E-state index in [-0.39, 0.29) is 0 Å². The molecule has 6 heteroatoms. The summed E-state index contributed by atoms with van der Waals surface area (Å²) >= 11 is 6.17. The monoisotopic (exact) mass is 324 g/mol. The van der Waals surface area contributed by atoms with Crippen LogP contribution < -0.4 is 0 Å². The minimum absolute atomic E-state index is 0.340. The van der Waals surface area contributed by atoms with Crippen molar-refractivity contribution in [3.05, 3.63) is 41.4 Å². The largest absolute Gasteiger partial charge is 0.304 e. The number of likely N-dealkylation sites (N-methyl/N-ethyl adjacent to an activating group) is 1. The van der Waals surface area contributed by atoms with Crippen molar-refractivity contribution in [2.75, 3.05) is 33.2 Å². The molecule has 0 aromatic heterocycles. The number of sulfonamides is 1. The maximum absolute atomic E-state index is 12.9. The van der Waals surface area contributed by atoms with Gasteiger partial charge in [0.05, 0.1) is 4.90 Å². The van der Waals surface area contributed by atoms with Gasteiger partial charge in [-0.25, -0.2) is 8.42 Å². The predicted octanol–water partition coefficient (Wildman–Crippen LogP) is 2.43. The summed E-state index contributed by atoms with van der Waals surface area (Å²) in [6.07, 6.45) is 0. The van der Waals surface area contributed by atoms with E-state index in [1.807, 2.05) is 19.2 Å². The van der Waals surface area contributed by atoms with Gasteiger partial charge in [0, 0.05) is 42.0 Å². The van der Waals surface area contributed by atoms with Crippen molar-refractivity contribution >= 4 is 32.4 Å². The normalized spacial score (nSPS) is 18.2. The molecule has 0 amide bonds. The zero-order valence-corrected chi connectivity index (χ0v) is 13.4. The molecule has 21 heavy (non-hydrogen) atoms. The zero-order chi connectivity index (χ0) is 15.0. The fourth-order valence-electron chi connectivity index (χ4n) is 2.64. The summed E-state index contributed by atoms with van der Waals surface area (Å²) < 4.78 is 27.3. The molecule has 3 rings (SSSR count). The lowest BCUT2D eigenvalue weighted by atomic mass is 10.1. The lowest BCUT2D eigenvalue weighted by Crippen LogP contribution is -2.47. The van der Waals surface area contributed by atoms with Gasteiger partial charge in [-0.15, -0.1) is 0 Å². The van der Waals surface area contributed by atoms with Crippen molar-refractivity contribution < 1.29 is 8.42 Å². The first-order valence-electron chi connectivity index (χ1n) is 6.86. The number of fused-ring (bicyclic) bond motifs is 1. The number of halogens is 1. The van der Waals surface area contributed by atoms with E-state index in [0.717, 1.165) is 18.5 Å². The molecule has 2 aromatic rings. The first-order valence-corrected chi connectivity index (χ1v) is 8.68. The van der Waals surface area contributed by atoms with Crippen LogP contribution in [0.5, 0.6) is 0 Å². The van der Waals surface area contributed by atoms with Crippen LogP contribution >= 0.6 is 11.6 Å². The van der Waals surface area contributed by atoms with Crippen LogP contribution in [-0.2, 0) is 10.0 Å². The van der Waals surface area contributed by atoms with E-state index in [4.69, 9.17) is 11.6 Å². The standard InChI is InChI=1S/C15H17ClN2O2S/c1-17-8-10-18(11-9-17)21(19,20)15-7-3-4-12-13(15)5-2-6-14(12)16/h2-7H,8-11H2,1H3. The molecule has 1 heterocycles. The summed E-state index contributed by atoms with van der Waals surface area (Å²) in [4.78, 5) is 2.47. The minimum Gasteiger partial charge on any atom is -0.304 e. The van der Waals surface area contributed by atoms with Crippen LogP contribution in [0.2, 0.25) is 5.02 Å². The molecule has 1 saturated heterocycles. The fourth-order valence-corrected chi connectivity index (χ4v) is 4.50. The van der Waals surface area contributed by atoms with Crippen LogP contribution in [-0.4, -0.2) is 50.8 Å². The Hall–Kier alpha value is -1.14. The van der Waals surface area contributed by atoms with Gasteiger partial charge >= 0.3 is 0 Å². The minimum atomic E-state index is -3.48. The number of rotatable bonds is 2. The summed E-state index contributed by atoms with van der Waals surface area (Å²) in [6.45, 7) is 2.56. The van der Waals surface area contributed by atoms with Gasteiger partial charge in [0.1, 0.15) is 0 Å². The maximum atomic E-state index is 12.9. The second-order valence-corrected chi connectivity index (χ2v) is 7.61. The first-order chi connectivity index (χ1) is 10.00. The van der Waals surface area contributed by atoms with Crippen LogP contribution in [0.25, 0.3) is 10.8 Å². The van der Waals surface area contributed by atoms with E-state index in [1.54, 1.807) is 28.6 Å². The van der Waals surface area contributed by atoms with Crippen LogP contribution in [0.3, 0.4) is 0 Å². The molecular weight excluding hydrogens is 308 g/mol. The van der Waals surface area contributed by atoms with Crippen molar-refractivity contribution in [1.82, 2.24) is 9.21 Å². The van der Waals surface area contributed by atoms with Gasteiger partial charge < -0.3 is 4.90 Å². The van der Waals surface area contributed by atoms with E-state index < -0.39 is 10.0 Å². The lowest BCUT2D eigenvalue weighted by Gasteiger charge is -2.31. The highest BCUT2D eigenvalue weighted by atomic mass is 35.5. The third-order valence-electron chi connectivity index (χ3n) is 3.91. The average Bonchev–Trinajstić information content (AvgIpc) is 2.47. The Kier molecular flexibility index (Phi) is 3.92. The van der Waals surface area contributed by atoms with Gasteiger partial charge in [-0.3, -0.25) is 0 Å². The topological polar surface area (TPSA) is 40.6 Å². The molecule has 0 saturated carbocycles. The van der Waals surface area contributed by atoms with Gasteiger partial charge in [0.25, 0.3) is 0 Å². The molecule has 0 radical (unpaired) electrons. The molecule has 0 spiro atoms. The van der Waals surface area contributed by atoms with Gasteiger partial charge in [-0.2, -0.15) is 4.31 Å². The van der Waals surface area contributed by atoms with E-state index >= 15 is 0 Å². The third-order valence-corrected chi connectivity index (χ3v) is 6.20. The van der Waals surface area contributed by atoms with Crippen molar-refractivity contribution in [3.63, 3.8) is 0 Å². The quantitative estimate of drug-likeness (QED) is 0.852. The van der Waals surface area contributed by atoms with Gasteiger partial charge in [-0.05, 0) is 19.2 Å². The van der Waals surface area contributed by atoms with Gasteiger partial charge in [0.15, 0.2) is 0 Å². The number of benzene rings is 2. The lowest BCUT2D eigenvalue weighted by molar-refractivity contribution is 0.222. The third kappa shape index (κ3) is 2.66. The zero-order valence-electron chi connectivity index (χ0n) is 11.8. The SMILES string of the molecule is CN1CCN(S(=O)(=O)c2cccc3c(Cl)cccc23)CC1. The Morgan fingerprint density at radius 3 is 2.29 bits per heavy atom. The van der Waals surface area contributed by atoms with Crippen LogP contribution in [0.1, 0.15) is 0 Å². The van der Waals surface area contributed by atoms with Crippen molar-refractivity contribution in [3.8, 4) is 0 Å². The number of hydrogen-bond donors (Lipinski definition) is 0. The number of piperazine rings is 1. The number of nitrogens with zero attached hydrogens (tertiary/aromatic N) is 2. The molecule has 1 fully saturated rings. The predicted molar refractivity (Wildman–Crippen MR) is 85.2 cm³/mol. The molecule has 1 aliphatic rings. The maximum Gasteiger partial charge on any atom is 0.243 e. The molecule has 2 aromatic carbocycles. The highest BCUT2D eigenvalue weighted by Crippen LogP contribution is 2.30. The summed E-state index contributed by atoms with van der Waals surface area (Å²) in [6, 6.07) is 10.6. The van der Waals surface area contributed by atoms with E-state index in [9.17, 15) is 8.42 Å². The Labute approximate surface area is 130 Å². The molecule has 0 bridgehead atoms. The van der Waals surface area contributed by atoms with Crippen molar-refractivity contribution in [2.45, 2.75) is 4.90 Å². The first kappa shape index (κ1) is 14.8. The highest BCUT2D eigenvalue weighted by molar-refractivity contribution is 7.89. The van der Waals surface area contributed by atoms with E-state index in [0.29, 0.717) is 28.4 Å². The van der Waals surface area contributed by atoms with E-state index in [1.165, 1.54) is 0 Å². The van der Waals surface area contributed by atoms with Gasteiger partial charge in [-0.1, -0.05) is 35.9 Å². The molecule has 0 N–H and O–H groups in total. The molecule has 112 valence electrons. The fraction of sp³-hybridized carbons (Fsp3) is 0.333. The molecule has 1 aliphatic heterocycles. The van der Waals surface area contributed by atoms with Crippen molar-refractivity contribution in [1.29, 1.82) is 0 Å². The summed E-state index contributed by atoms with van der Waals surface area (Å²) in [5.41, 5.74) is 0. The second-order valence-electron chi connectivity index (χ2n) is 5.30. The molecule has 0 atom stereocenters. The molecule has 4 nitrogen and oxygen atoms in total. The van der Waals surface area contributed by atoms with E-state index in [2.05, 4.69) is 4.90 Å². The molecular formula is C15H17ClN2O2S. The van der Waals surface area contributed by atoms with Crippen LogP contribution in [0.4, 0.5) is 0 Å². The average molecular weight is 325 g/mol. The second kappa shape index (κ2) is 5.57. The van der Waals surface area contributed by atoms with Crippen molar-refractivity contribution in [2.24, 2.45) is 0 Å². The Morgan fingerprint density at radius 1 is 0.952 bits per heavy atom. The Bertz CT molecular complexity index is 768. The van der Waals surface area contributed by atoms with Crippen LogP contribution in [0.15, 0.2) is 41.3 Å². The van der Waals surface area contributed by atoms with Gasteiger partial charge in [0.2, 0.25) is 10.0 Å². The highest BCUT2D eigenvalue weighted by Gasteiger charge is 2.28. The molecule has 0 aliphatic carbocycles.